The molecule has 0 radical (unpaired) electrons. The Morgan fingerprint density at radius 3 is 2.63 bits per heavy atom. The summed E-state index contributed by atoms with van der Waals surface area (Å²) in [5.74, 6) is -0.295. The van der Waals surface area contributed by atoms with Crippen LogP contribution in [0.1, 0.15) is 23.6 Å². The van der Waals surface area contributed by atoms with Gasteiger partial charge in [0.25, 0.3) is 0 Å². The van der Waals surface area contributed by atoms with Crippen molar-refractivity contribution in [2.24, 2.45) is 0 Å². The van der Waals surface area contributed by atoms with Crippen LogP contribution in [-0.2, 0) is 15.3 Å². The fourth-order valence-corrected chi connectivity index (χ4v) is 5.40. The smallest absolute Gasteiger partial charge is 0.339 e. The summed E-state index contributed by atoms with van der Waals surface area (Å²) in [6.07, 6.45) is 1.29. The van der Waals surface area contributed by atoms with Gasteiger partial charge in [-0.3, -0.25) is 0 Å². The topological polar surface area (TPSA) is 58.6 Å². The highest BCUT2D eigenvalue weighted by molar-refractivity contribution is 8.21. The molecule has 2 aromatic carbocycles. The second kappa shape index (κ2) is 9.06. The first-order valence-electron chi connectivity index (χ1n) is 8.45. The number of rotatable bonds is 7. The first kappa shape index (κ1) is 19.5. The lowest BCUT2D eigenvalue weighted by Gasteiger charge is -2.14. The maximum Gasteiger partial charge on any atom is 0.339 e. The Morgan fingerprint density at radius 2 is 1.93 bits per heavy atom. The van der Waals surface area contributed by atoms with E-state index < -0.39 is 5.97 Å². The highest BCUT2D eigenvalue weighted by atomic mass is 32.2. The molecular weight excluding hydrogens is 378 g/mol. The van der Waals surface area contributed by atoms with Crippen LogP contribution in [0.3, 0.4) is 0 Å². The number of allylic oxidation sites excluding steroid dienone is 1. The molecular formula is C21H21NO3S2. The number of hydrogen-bond donors (Lipinski definition) is 2. The molecule has 3 rings (SSSR count). The van der Waals surface area contributed by atoms with Gasteiger partial charge in [0, 0.05) is 16.4 Å². The molecule has 1 atom stereocenters. The number of carboxylic acid groups (broad SMARTS) is 1. The Bertz CT molecular complexity index is 878. The van der Waals surface area contributed by atoms with Gasteiger partial charge in [0.2, 0.25) is 0 Å². The van der Waals surface area contributed by atoms with Gasteiger partial charge in [0.05, 0.1) is 13.4 Å². The summed E-state index contributed by atoms with van der Waals surface area (Å²) < 4.78 is 5.14. The predicted octanol–water partition coefficient (Wildman–Crippen LogP) is 5.00. The van der Waals surface area contributed by atoms with Crippen LogP contribution in [0.25, 0.3) is 10.5 Å². The van der Waals surface area contributed by atoms with Crippen LogP contribution in [0.5, 0.6) is 0 Å². The summed E-state index contributed by atoms with van der Waals surface area (Å²) in [5, 5.41) is 13.0. The molecule has 0 aliphatic carbocycles. The molecule has 2 N–H and O–H groups in total. The average molecular weight is 400 g/mol. The van der Waals surface area contributed by atoms with Crippen molar-refractivity contribution in [3.63, 3.8) is 0 Å². The molecule has 27 heavy (non-hydrogen) atoms. The number of benzene rings is 2. The van der Waals surface area contributed by atoms with E-state index in [4.69, 9.17) is 4.74 Å². The van der Waals surface area contributed by atoms with Crippen molar-refractivity contribution in [1.29, 1.82) is 0 Å². The fourth-order valence-electron chi connectivity index (χ4n) is 2.84. The molecule has 0 fully saturated rings. The van der Waals surface area contributed by atoms with Crippen LogP contribution >= 0.6 is 23.5 Å². The molecule has 0 saturated heterocycles. The van der Waals surface area contributed by atoms with E-state index in [0.29, 0.717) is 11.3 Å². The van der Waals surface area contributed by atoms with Crippen LogP contribution in [0.15, 0.2) is 66.6 Å². The number of carbonyl (C=O) groups is 1. The van der Waals surface area contributed by atoms with Gasteiger partial charge in [0.1, 0.15) is 10.3 Å². The van der Waals surface area contributed by atoms with Crippen LogP contribution in [0.4, 0.5) is 0 Å². The lowest BCUT2D eigenvalue weighted by atomic mass is 10.0. The number of hydrogen-bond acceptors (Lipinski definition) is 5. The monoisotopic (exact) mass is 399 g/mol. The minimum atomic E-state index is -0.994. The van der Waals surface area contributed by atoms with Crippen LogP contribution in [0.2, 0.25) is 0 Å². The van der Waals surface area contributed by atoms with Gasteiger partial charge < -0.3 is 15.2 Å². The van der Waals surface area contributed by atoms with E-state index in [9.17, 15) is 9.90 Å². The normalized spacial score (nSPS) is 17.0. The van der Waals surface area contributed by atoms with Crippen LogP contribution in [0, 0.1) is 0 Å². The zero-order chi connectivity index (χ0) is 19.2. The van der Waals surface area contributed by atoms with Gasteiger partial charge in [0.15, 0.2) is 0 Å². The molecule has 1 heterocycles. The quantitative estimate of drug-likeness (QED) is 0.505. The molecule has 0 amide bonds. The van der Waals surface area contributed by atoms with Crippen molar-refractivity contribution in [3.8, 4) is 0 Å². The van der Waals surface area contributed by atoms with Crippen molar-refractivity contribution in [3.05, 3.63) is 83.2 Å². The fraction of sp³-hybridized carbons (Fsp3) is 0.190. The van der Waals surface area contributed by atoms with Crippen molar-refractivity contribution in [2.75, 3.05) is 7.11 Å². The molecule has 1 aliphatic heterocycles. The summed E-state index contributed by atoms with van der Waals surface area (Å²) in [7, 11) is 1.46. The van der Waals surface area contributed by atoms with Gasteiger partial charge in [-0.25, -0.2) is 4.79 Å². The van der Waals surface area contributed by atoms with E-state index in [-0.39, 0.29) is 10.3 Å². The van der Waals surface area contributed by atoms with E-state index in [1.54, 1.807) is 23.5 Å². The molecule has 1 unspecified atom stereocenters. The van der Waals surface area contributed by atoms with Crippen LogP contribution < -0.4 is 5.32 Å². The summed E-state index contributed by atoms with van der Waals surface area (Å²) in [6, 6.07) is 17.9. The Labute approximate surface area is 167 Å². The third-order valence-corrected chi connectivity index (χ3v) is 6.80. The second-order valence-corrected chi connectivity index (χ2v) is 8.46. The van der Waals surface area contributed by atoms with Crippen molar-refractivity contribution in [1.82, 2.24) is 5.32 Å². The summed E-state index contributed by atoms with van der Waals surface area (Å²) in [6.45, 7) is 2.09. The highest BCUT2D eigenvalue weighted by Crippen LogP contribution is 2.43. The Kier molecular flexibility index (Phi) is 6.53. The van der Waals surface area contributed by atoms with Gasteiger partial charge in [-0.2, -0.15) is 0 Å². The molecule has 4 nitrogen and oxygen atoms in total. The first-order chi connectivity index (χ1) is 13.1. The molecule has 0 saturated carbocycles. The number of methoxy groups -OCH3 is 1. The van der Waals surface area contributed by atoms with E-state index in [2.05, 4.69) is 24.4 Å². The second-order valence-electron chi connectivity index (χ2n) is 5.95. The molecule has 140 valence electrons. The summed E-state index contributed by atoms with van der Waals surface area (Å²) >= 11 is 3.55. The zero-order valence-corrected chi connectivity index (χ0v) is 16.8. The summed E-state index contributed by atoms with van der Waals surface area (Å²) in [5.41, 5.74) is 4.21. The lowest BCUT2D eigenvalue weighted by Crippen LogP contribution is -2.15. The molecule has 0 spiro atoms. The van der Waals surface area contributed by atoms with Crippen LogP contribution in [-0.4, -0.2) is 22.9 Å². The molecule has 0 aromatic heterocycles. The van der Waals surface area contributed by atoms with Gasteiger partial charge in [-0.05, 0) is 23.6 Å². The number of ether oxygens (including phenoxy) is 1. The SMILES string of the molecule is CO/C=C(/C(=O)O)c1ccccc1CSC1NC(C)=C(c2ccccc2)S1. The van der Waals surface area contributed by atoms with E-state index in [1.807, 2.05) is 42.5 Å². The van der Waals surface area contributed by atoms with Crippen molar-refractivity contribution in [2.45, 2.75) is 17.4 Å². The first-order valence-corrected chi connectivity index (χ1v) is 10.4. The molecule has 6 heteroatoms. The number of aliphatic carboxylic acids is 1. The summed E-state index contributed by atoms with van der Waals surface area (Å²) in [4.78, 5) is 12.8. The van der Waals surface area contributed by atoms with E-state index >= 15 is 0 Å². The minimum Gasteiger partial charge on any atom is -0.503 e. The van der Waals surface area contributed by atoms with Crippen molar-refractivity contribution < 1.29 is 14.6 Å². The molecule has 0 bridgehead atoms. The Balaban J connectivity index is 1.71. The van der Waals surface area contributed by atoms with E-state index in [0.717, 1.165) is 5.56 Å². The predicted molar refractivity (Wildman–Crippen MR) is 114 cm³/mol. The van der Waals surface area contributed by atoms with E-state index in [1.165, 1.54) is 29.5 Å². The van der Waals surface area contributed by atoms with Gasteiger partial charge >= 0.3 is 5.97 Å². The number of nitrogens with one attached hydrogen (secondary N) is 1. The highest BCUT2D eigenvalue weighted by Gasteiger charge is 2.24. The number of carboxylic acids is 1. The van der Waals surface area contributed by atoms with Gasteiger partial charge in [-0.15, -0.1) is 11.8 Å². The largest absolute Gasteiger partial charge is 0.503 e. The molecule has 2 aromatic rings. The Morgan fingerprint density at radius 1 is 1.22 bits per heavy atom. The standard InChI is InChI=1S/C21H21NO3S2/c1-14-19(15-8-4-3-5-9-15)27-21(22-14)26-13-16-10-6-7-11-17(16)18(12-25-2)20(23)24/h3-12,21-22H,13H2,1-2H3,(H,23,24)/b18-12+. The number of thioether (sulfide) groups is 2. The van der Waals surface area contributed by atoms with Crippen molar-refractivity contribution >= 4 is 40.0 Å². The maximum atomic E-state index is 11.6. The maximum absolute atomic E-state index is 11.6. The third kappa shape index (κ3) is 4.70. The lowest BCUT2D eigenvalue weighted by molar-refractivity contribution is -0.130. The third-order valence-electron chi connectivity index (χ3n) is 4.10. The minimum absolute atomic E-state index is 0.167. The molecule has 1 aliphatic rings. The Hall–Kier alpha value is -2.31. The van der Waals surface area contributed by atoms with Gasteiger partial charge in [-0.1, -0.05) is 66.4 Å². The average Bonchev–Trinajstić information content (AvgIpc) is 3.06. The zero-order valence-electron chi connectivity index (χ0n) is 15.1.